The number of nitrogens with one attached hydrogen (secondary N) is 1. The van der Waals surface area contributed by atoms with E-state index in [0.717, 1.165) is 24.2 Å². The lowest BCUT2D eigenvalue weighted by molar-refractivity contribution is 0.0542. The molecule has 4 nitrogen and oxygen atoms in total. The molecule has 1 heterocycles. The molecule has 1 N–H and O–H groups in total. The van der Waals surface area contributed by atoms with E-state index in [1.165, 1.54) is 0 Å². The Morgan fingerprint density at radius 3 is 2.68 bits per heavy atom. The molecular formula is C15H21N3O. The van der Waals surface area contributed by atoms with Gasteiger partial charge in [-0.05, 0) is 38.8 Å². The quantitative estimate of drug-likeness (QED) is 0.845. The number of nitrogens with zero attached hydrogens (tertiary/aromatic N) is 2. The van der Waals surface area contributed by atoms with E-state index in [1.54, 1.807) is 5.01 Å². The molecule has 0 fully saturated rings. The highest BCUT2D eigenvalue weighted by Gasteiger charge is 2.40. The first-order chi connectivity index (χ1) is 9.01. The third-order valence-electron chi connectivity index (χ3n) is 3.69. The van der Waals surface area contributed by atoms with Gasteiger partial charge in [0.15, 0.2) is 0 Å². The number of para-hydroxylation sites is 1. The molecule has 0 spiro atoms. The summed E-state index contributed by atoms with van der Waals surface area (Å²) in [5.74, 6) is -0.0356. The number of hydrazone groups is 1. The zero-order valence-electron chi connectivity index (χ0n) is 12.0. The van der Waals surface area contributed by atoms with Crippen molar-refractivity contribution in [2.75, 3.05) is 5.32 Å². The number of carbonyl (C=O) groups excluding carboxylic acids is 1. The fraction of sp³-hybridized carbons (Fsp3) is 0.467. The van der Waals surface area contributed by atoms with Gasteiger partial charge in [0.05, 0.1) is 5.56 Å². The van der Waals surface area contributed by atoms with E-state index in [-0.39, 0.29) is 5.91 Å². The summed E-state index contributed by atoms with van der Waals surface area (Å²) in [6.07, 6.45) is 1.62. The summed E-state index contributed by atoms with van der Waals surface area (Å²) in [4.78, 5) is 12.6. The van der Waals surface area contributed by atoms with Crippen LogP contribution in [0.3, 0.4) is 0 Å². The van der Waals surface area contributed by atoms with Crippen molar-refractivity contribution < 1.29 is 4.79 Å². The number of hydrogen-bond acceptors (Lipinski definition) is 3. The fourth-order valence-electron chi connectivity index (χ4n) is 2.10. The highest BCUT2D eigenvalue weighted by Crippen LogP contribution is 2.33. The van der Waals surface area contributed by atoms with Gasteiger partial charge in [-0.2, -0.15) is 5.10 Å². The molecule has 0 saturated carbocycles. The van der Waals surface area contributed by atoms with Crippen LogP contribution in [0.25, 0.3) is 0 Å². The molecule has 1 atom stereocenters. The van der Waals surface area contributed by atoms with E-state index >= 15 is 0 Å². The second kappa shape index (κ2) is 5.03. The minimum atomic E-state index is -0.470. The summed E-state index contributed by atoms with van der Waals surface area (Å²) < 4.78 is 0. The Kier molecular flexibility index (Phi) is 3.60. The van der Waals surface area contributed by atoms with Crippen molar-refractivity contribution in [2.45, 2.75) is 46.2 Å². The van der Waals surface area contributed by atoms with Crippen molar-refractivity contribution in [3.05, 3.63) is 29.8 Å². The molecule has 0 radical (unpaired) electrons. The maximum absolute atomic E-state index is 12.6. The normalized spacial score (nSPS) is 23.1. The van der Waals surface area contributed by atoms with Crippen molar-refractivity contribution in [2.24, 2.45) is 5.10 Å². The highest BCUT2D eigenvalue weighted by atomic mass is 16.2. The Labute approximate surface area is 114 Å². The molecule has 1 aromatic carbocycles. The predicted molar refractivity (Wildman–Crippen MR) is 78.3 cm³/mol. The standard InChI is InChI=1S/C15H21N3O/c1-5-11(3)17-18-14(19)12-9-7-8-10-13(12)16-15(18,4)6-2/h7-10,16H,5-6H2,1-4H3/b17-11-/t15-/m0/s1. The Hall–Kier alpha value is -1.84. The van der Waals surface area contributed by atoms with Gasteiger partial charge >= 0.3 is 0 Å². The van der Waals surface area contributed by atoms with E-state index in [1.807, 2.05) is 45.0 Å². The van der Waals surface area contributed by atoms with Crippen LogP contribution in [0.5, 0.6) is 0 Å². The molecule has 1 aromatic rings. The summed E-state index contributed by atoms with van der Waals surface area (Å²) in [6.45, 7) is 8.05. The lowest BCUT2D eigenvalue weighted by atomic mass is 10.0. The molecule has 0 bridgehead atoms. The molecule has 4 heteroatoms. The van der Waals surface area contributed by atoms with E-state index in [4.69, 9.17) is 0 Å². The number of amides is 1. The van der Waals surface area contributed by atoms with Crippen LogP contribution in [0, 0.1) is 0 Å². The maximum Gasteiger partial charge on any atom is 0.278 e. The van der Waals surface area contributed by atoms with Crippen molar-refractivity contribution in [3.8, 4) is 0 Å². The average molecular weight is 259 g/mol. The zero-order chi connectivity index (χ0) is 14.0. The summed E-state index contributed by atoms with van der Waals surface area (Å²) in [7, 11) is 0. The van der Waals surface area contributed by atoms with Crippen molar-refractivity contribution in [1.29, 1.82) is 0 Å². The van der Waals surface area contributed by atoms with E-state index in [2.05, 4.69) is 17.3 Å². The van der Waals surface area contributed by atoms with Gasteiger partial charge in [-0.3, -0.25) is 4.79 Å². The first-order valence-corrected chi connectivity index (χ1v) is 6.77. The van der Waals surface area contributed by atoms with Gasteiger partial charge in [0.1, 0.15) is 5.66 Å². The van der Waals surface area contributed by atoms with Gasteiger partial charge < -0.3 is 5.32 Å². The minimum Gasteiger partial charge on any atom is -0.361 e. The molecule has 19 heavy (non-hydrogen) atoms. The van der Waals surface area contributed by atoms with Crippen LogP contribution in [0.2, 0.25) is 0 Å². The van der Waals surface area contributed by atoms with Crippen molar-refractivity contribution >= 4 is 17.3 Å². The van der Waals surface area contributed by atoms with Crippen molar-refractivity contribution in [3.63, 3.8) is 0 Å². The van der Waals surface area contributed by atoms with Crippen LogP contribution < -0.4 is 5.32 Å². The SMILES string of the molecule is CC/C(C)=N\N1C(=O)c2ccccc2N[C@]1(C)CC. The lowest BCUT2D eigenvalue weighted by Gasteiger charge is -2.43. The van der Waals surface area contributed by atoms with Gasteiger partial charge in [-0.15, -0.1) is 0 Å². The summed E-state index contributed by atoms with van der Waals surface area (Å²) in [5.41, 5.74) is 2.05. The van der Waals surface area contributed by atoms with Crippen LogP contribution in [0.4, 0.5) is 5.69 Å². The van der Waals surface area contributed by atoms with Gasteiger partial charge in [-0.1, -0.05) is 26.0 Å². The van der Waals surface area contributed by atoms with Gasteiger partial charge in [0.25, 0.3) is 5.91 Å². The maximum atomic E-state index is 12.6. The van der Waals surface area contributed by atoms with Crippen LogP contribution in [-0.2, 0) is 0 Å². The molecule has 0 aromatic heterocycles. The second-order valence-corrected chi connectivity index (χ2v) is 5.10. The van der Waals surface area contributed by atoms with Crippen molar-refractivity contribution in [1.82, 2.24) is 5.01 Å². The largest absolute Gasteiger partial charge is 0.361 e. The Morgan fingerprint density at radius 2 is 2.05 bits per heavy atom. The average Bonchev–Trinajstić information content (AvgIpc) is 2.43. The molecule has 1 amide bonds. The predicted octanol–water partition coefficient (Wildman–Crippen LogP) is 3.47. The highest BCUT2D eigenvalue weighted by molar-refractivity contribution is 6.02. The molecule has 2 rings (SSSR count). The van der Waals surface area contributed by atoms with Gasteiger partial charge in [-0.25, -0.2) is 5.01 Å². The number of carbonyl (C=O) groups is 1. The van der Waals surface area contributed by atoms with E-state index in [9.17, 15) is 4.79 Å². The fourth-order valence-corrected chi connectivity index (χ4v) is 2.10. The van der Waals surface area contributed by atoms with E-state index in [0.29, 0.717) is 5.56 Å². The number of fused-ring (bicyclic) bond motifs is 1. The second-order valence-electron chi connectivity index (χ2n) is 5.10. The Balaban J connectivity index is 2.50. The molecule has 102 valence electrons. The summed E-state index contributed by atoms with van der Waals surface area (Å²) >= 11 is 0. The molecule has 1 aliphatic rings. The zero-order valence-corrected chi connectivity index (χ0v) is 12.0. The summed E-state index contributed by atoms with van der Waals surface area (Å²) in [5, 5.41) is 9.52. The van der Waals surface area contributed by atoms with Crippen LogP contribution in [0.15, 0.2) is 29.4 Å². The molecular weight excluding hydrogens is 238 g/mol. The van der Waals surface area contributed by atoms with Gasteiger partial charge in [0.2, 0.25) is 0 Å². The first kappa shape index (κ1) is 13.6. The molecule has 0 aliphatic carbocycles. The number of benzene rings is 1. The third kappa shape index (κ3) is 2.35. The van der Waals surface area contributed by atoms with Crippen LogP contribution in [0.1, 0.15) is 50.9 Å². The minimum absolute atomic E-state index is 0.0356. The van der Waals surface area contributed by atoms with E-state index < -0.39 is 5.66 Å². The Morgan fingerprint density at radius 1 is 1.37 bits per heavy atom. The number of anilines is 1. The first-order valence-electron chi connectivity index (χ1n) is 6.77. The lowest BCUT2D eigenvalue weighted by Crippen LogP contribution is -2.55. The topological polar surface area (TPSA) is 44.7 Å². The van der Waals surface area contributed by atoms with Crippen LogP contribution in [-0.4, -0.2) is 22.3 Å². The monoisotopic (exact) mass is 259 g/mol. The van der Waals surface area contributed by atoms with Crippen LogP contribution >= 0.6 is 0 Å². The Bertz CT molecular complexity index is 524. The smallest absolute Gasteiger partial charge is 0.278 e. The number of rotatable bonds is 3. The molecule has 0 saturated heterocycles. The van der Waals surface area contributed by atoms with Gasteiger partial charge in [0, 0.05) is 11.4 Å². The molecule has 1 aliphatic heterocycles. The molecule has 0 unspecified atom stereocenters. The number of hydrogen-bond donors (Lipinski definition) is 1. The third-order valence-corrected chi connectivity index (χ3v) is 3.69. The summed E-state index contributed by atoms with van der Waals surface area (Å²) in [6, 6.07) is 7.59.